The highest BCUT2D eigenvalue weighted by Crippen LogP contribution is 2.24. The average molecular weight is 269 g/mol. The SMILES string of the molecule is COCCCC1CCN(C(=O)C[C@H]2CCOC2)CC1. The van der Waals surface area contributed by atoms with Crippen molar-refractivity contribution in [3.05, 3.63) is 0 Å². The molecule has 0 N–H and O–H groups in total. The Morgan fingerprint density at radius 2 is 2.05 bits per heavy atom. The lowest BCUT2D eigenvalue weighted by Crippen LogP contribution is -2.39. The minimum absolute atomic E-state index is 0.339. The van der Waals surface area contributed by atoms with Crippen molar-refractivity contribution in [2.45, 2.75) is 38.5 Å². The van der Waals surface area contributed by atoms with E-state index in [9.17, 15) is 4.79 Å². The zero-order valence-corrected chi connectivity index (χ0v) is 12.1. The number of rotatable bonds is 6. The molecule has 0 saturated carbocycles. The molecule has 2 aliphatic rings. The molecule has 4 nitrogen and oxygen atoms in total. The zero-order valence-electron chi connectivity index (χ0n) is 12.1. The smallest absolute Gasteiger partial charge is 0.222 e. The third-order valence-corrected chi connectivity index (χ3v) is 4.42. The molecule has 0 aliphatic carbocycles. The maximum absolute atomic E-state index is 12.2. The fourth-order valence-electron chi connectivity index (χ4n) is 3.11. The number of likely N-dealkylation sites (tertiary alicyclic amines) is 1. The molecule has 1 atom stereocenters. The van der Waals surface area contributed by atoms with Gasteiger partial charge in [-0.2, -0.15) is 0 Å². The Bertz CT molecular complexity index is 269. The van der Waals surface area contributed by atoms with Gasteiger partial charge in [-0.25, -0.2) is 0 Å². The number of carbonyl (C=O) groups is 1. The van der Waals surface area contributed by atoms with Gasteiger partial charge >= 0.3 is 0 Å². The van der Waals surface area contributed by atoms with E-state index < -0.39 is 0 Å². The molecule has 0 unspecified atom stereocenters. The summed E-state index contributed by atoms with van der Waals surface area (Å²) in [6.45, 7) is 4.37. The first-order valence-corrected chi connectivity index (χ1v) is 7.64. The first-order valence-electron chi connectivity index (χ1n) is 7.64. The average Bonchev–Trinajstić information content (AvgIpc) is 2.93. The quantitative estimate of drug-likeness (QED) is 0.693. The Morgan fingerprint density at radius 3 is 2.68 bits per heavy atom. The lowest BCUT2D eigenvalue weighted by Gasteiger charge is -2.32. The molecule has 19 heavy (non-hydrogen) atoms. The van der Waals surface area contributed by atoms with Crippen LogP contribution in [-0.4, -0.2) is 50.8 Å². The molecular formula is C15H27NO3. The molecule has 2 aliphatic heterocycles. The highest BCUT2D eigenvalue weighted by Gasteiger charge is 2.26. The van der Waals surface area contributed by atoms with Crippen LogP contribution in [0.1, 0.15) is 38.5 Å². The van der Waals surface area contributed by atoms with Crippen molar-refractivity contribution in [2.75, 3.05) is 40.0 Å². The Morgan fingerprint density at radius 1 is 1.26 bits per heavy atom. The van der Waals surface area contributed by atoms with E-state index in [-0.39, 0.29) is 0 Å². The number of carbonyl (C=O) groups excluding carboxylic acids is 1. The number of hydrogen-bond acceptors (Lipinski definition) is 3. The van der Waals surface area contributed by atoms with Gasteiger partial charge in [-0.15, -0.1) is 0 Å². The normalized spacial score (nSPS) is 24.9. The summed E-state index contributed by atoms with van der Waals surface area (Å²) in [6.07, 6.45) is 6.46. The van der Waals surface area contributed by atoms with Gasteiger partial charge in [-0.05, 0) is 43.9 Å². The van der Waals surface area contributed by atoms with E-state index in [1.807, 2.05) is 0 Å². The van der Waals surface area contributed by atoms with Crippen LogP contribution in [0, 0.1) is 11.8 Å². The van der Waals surface area contributed by atoms with E-state index in [0.29, 0.717) is 18.2 Å². The molecule has 0 radical (unpaired) electrons. The number of piperidine rings is 1. The summed E-state index contributed by atoms with van der Waals surface area (Å²) in [5, 5.41) is 0. The van der Waals surface area contributed by atoms with Crippen molar-refractivity contribution < 1.29 is 14.3 Å². The summed E-state index contributed by atoms with van der Waals surface area (Å²) < 4.78 is 10.4. The molecule has 2 heterocycles. The minimum Gasteiger partial charge on any atom is -0.385 e. The van der Waals surface area contributed by atoms with Crippen LogP contribution in [0.15, 0.2) is 0 Å². The van der Waals surface area contributed by atoms with Crippen molar-refractivity contribution in [3.63, 3.8) is 0 Å². The second kappa shape index (κ2) is 7.85. The van der Waals surface area contributed by atoms with Crippen LogP contribution in [0.4, 0.5) is 0 Å². The van der Waals surface area contributed by atoms with E-state index in [2.05, 4.69) is 4.90 Å². The standard InChI is InChI=1S/C15H27NO3/c1-18-9-2-3-13-4-7-16(8-5-13)15(17)11-14-6-10-19-12-14/h13-14H,2-12H2,1H3/t14-/m1/s1. The molecule has 0 aromatic carbocycles. The van der Waals surface area contributed by atoms with Crippen LogP contribution in [-0.2, 0) is 14.3 Å². The maximum Gasteiger partial charge on any atom is 0.222 e. The number of hydrogen-bond donors (Lipinski definition) is 0. The van der Waals surface area contributed by atoms with Gasteiger partial charge in [0.05, 0.1) is 0 Å². The molecule has 2 fully saturated rings. The monoisotopic (exact) mass is 269 g/mol. The highest BCUT2D eigenvalue weighted by molar-refractivity contribution is 5.76. The van der Waals surface area contributed by atoms with Gasteiger partial charge in [-0.1, -0.05) is 0 Å². The van der Waals surface area contributed by atoms with Crippen molar-refractivity contribution in [1.29, 1.82) is 0 Å². The molecule has 0 bridgehead atoms. The number of amides is 1. The van der Waals surface area contributed by atoms with E-state index in [0.717, 1.165) is 64.5 Å². The van der Waals surface area contributed by atoms with Gasteiger partial charge in [0.15, 0.2) is 0 Å². The second-order valence-electron chi connectivity index (χ2n) is 5.89. The van der Waals surface area contributed by atoms with Crippen LogP contribution < -0.4 is 0 Å². The minimum atomic E-state index is 0.339. The molecule has 0 aromatic heterocycles. The third-order valence-electron chi connectivity index (χ3n) is 4.42. The van der Waals surface area contributed by atoms with E-state index in [4.69, 9.17) is 9.47 Å². The number of nitrogens with zero attached hydrogens (tertiary/aromatic N) is 1. The highest BCUT2D eigenvalue weighted by atomic mass is 16.5. The molecule has 110 valence electrons. The van der Waals surface area contributed by atoms with Crippen LogP contribution in [0.25, 0.3) is 0 Å². The number of methoxy groups -OCH3 is 1. The van der Waals surface area contributed by atoms with E-state index in [1.165, 1.54) is 6.42 Å². The fourth-order valence-corrected chi connectivity index (χ4v) is 3.11. The predicted molar refractivity (Wildman–Crippen MR) is 74.0 cm³/mol. The summed E-state index contributed by atoms with van der Waals surface area (Å²) in [7, 11) is 1.76. The first kappa shape index (κ1) is 14.8. The lowest BCUT2D eigenvalue weighted by molar-refractivity contribution is -0.133. The number of ether oxygens (including phenoxy) is 2. The lowest BCUT2D eigenvalue weighted by atomic mass is 9.92. The van der Waals surface area contributed by atoms with Crippen molar-refractivity contribution >= 4 is 5.91 Å². The second-order valence-corrected chi connectivity index (χ2v) is 5.89. The van der Waals surface area contributed by atoms with Gasteiger partial charge in [-0.3, -0.25) is 4.79 Å². The molecule has 1 amide bonds. The molecule has 2 saturated heterocycles. The molecule has 0 aromatic rings. The predicted octanol–water partition coefficient (Wildman–Crippen LogP) is 2.08. The van der Waals surface area contributed by atoms with Gasteiger partial charge in [0.1, 0.15) is 0 Å². The summed E-state index contributed by atoms with van der Waals surface area (Å²) in [5.74, 6) is 1.59. The van der Waals surface area contributed by atoms with Crippen LogP contribution >= 0.6 is 0 Å². The largest absolute Gasteiger partial charge is 0.385 e. The van der Waals surface area contributed by atoms with Crippen LogP contribution in [0.2, 0.25) is 0 Å². The molecular weight excluding hydrogens is 242 g/mol. The zero-order chi connectivity index (χ0) is 13.5. The van der Waals surface area contributed by atoms with E-state index in [1.54, 1.807) is 7.11 Å². The third kappa shape index (κ3) is 4.77. The van der Waals surface area contributed by atoms with Crippen molar-refractivity contribution in [2.24, 2.45) is 11.8 Å². The fraction of sp³-hybridized carbons (Fsp3) is 0.933. The van der Waals surface area contributed by atoms with Gasteiger partial charge in [0.2, 0.25) is 5.91 Å². The first-order chi connectivity index (χ1) is 9.29. The summed E-state index contributed by atoms with van der Waals surface area (Å²) >= 11 is 0. The Labute approximate surface area is 116 Å². The van der Waals surface area contributed by atoms with Crippen molar-refractivity contribution in [3.8, 4) is 0 Å². The molecule has 4 heteroatoms. The van der Waals surface area contributed by atoms with Crippen molar-refractivity contribution in [1.82, 2.24) is 4.90 Å². The Kier molecular flexibility index (Phi) is 6.11. The Hall–Kier alpha value is -0.610. The van der Waals surface area contributed by atoms with Crippen LogP contribution in [0.3, 0.4) is 0 Å². The van der Waals surface area contributed by atoms with Gasteiger partial charge < -0.3 is 14.4 Å². The molecule has 2 rings (SSSR count). The topological polar surface area (TPSA) is 38.8 Å². The molecule has 0 spiro atoms. The summed E-state index contributed by atoms with van der Waals surface area (Å²) in [6, 6.07) is 0. The Balaban J connectivity index is 1.63. The van der Waals surface area contributed by atoms with Crippen LogP contribution in [0.5, 0.6) is 0 Å². The van der Waals surface area contributed by atoms with Gasteiger partial charge in [0.25, 0.3) is 0 Å². The summed E-state index contributed by atoms with van der Waals surface area (Å²) in [4.78, 5) is 14.2. The van der Waals surface area contributed by atoms with Gasteiger partial charge in [0, 0.05) is 46.4 Å². The van der Waals surface area contributed by atoms with E-state index >= 15 is 0 Å². The maximum atomic E-state index is 12.2. The summed E-state index contributed by atoms with van der Waals surface area (Å²) in [5.41, 5.74) is 0.